The van der Waals surface area contributed by atoms with Crippen molar-refractivity contribution in [1.29, 1.82) is 0 Å². The normalized spacial score (nSPS) is 27.5. The minimum absolute atomic E-state index is 0.220. The fourth-order valence-electron chi connectivity index (χ4n) is 3.57. The summed E-state index contributed by atoms with van der Waals surface area (Å²) < 4.78 is 13.6. The molecule has 1 unspecified atom stereocenters. The molecule has 2 heterocycles. The van der Waals surface area contributed by atoms with Crippen molar-refractivity contribution in [3.8, 4) is 0 Å². The Morgan fingerprint density at radius 2 is 1.82 bits per heavy atom. The van der Waals surface area contributed by atoms with Crippen LogP contribution < -0.4 is 0 Å². The van der Waals surface area contributed by atoms with E-state index in [0.717, 1.165) is 51.4 Å². The highest BCUT2D eigenvalue weighted by Gasteiger charge is 2.42. The summed E-state index contributed by atoms with van der Waals surface area (Å²) in [7, 11) is 2.14. The number of quaternary nitrogens is 1. The van der Waals surface area contributed by atoms with Crippen molar-refractivity contribution in [3.05, 3.63) is 35.6 Å². The molecule has 2 aliphatic rings. The van der Waals surface area contributed by atoms with Crippen LogP contribution in [-0.4, -0.2) is 66.6 Å². The Balaban J connectivity index is 1.73. The van der Waals surface area contributed by atoms with E-state index >= 15 is 0 Å². The number of rotatable bonds is 4. The molecular formula is C17H25FN3O+. The summed E-state index contributed by atoms with van der Waals surface area (Å²) in [6.45, 7) is 6.55. The van der Waals surface area contributed by atoms with Crippen molar-refractivity contribution < 1.29 is 13.7 Å². The molecule has 1 aromatic rings. The maximum Gasteiger partial charge on any atom is 0.315 e. The fourth-order valence-corrected chi connectivity index (χ4v) is 3.57. The molecule has 1 amide bonds. The third kappa shape index (κ3) is 3.37. The van der Waals surface area contributed by atoms with Gasteiger partial charge in [0.15, 0.2) is 0 Å². The Morgan fingerprint density at radius 3 is 2.41 bits per heavy atom. The number of carbonyl (C=O) groups excluding carboxylic acids is 1. The molecule has 0 spiro atoms. The molecular weight excluding hydrogens is 281 g/mol. The van der Waals surface area contributed by atoms with Crippen LogP contribution in [0.25, 0.3) is 0 Å². The lowest BCUT2D eigenvalue weighted by molar-refractivity contribution is -0.870. The SMILES string of the molecule is CN1CCN(C[N+]2(Cc3ccc(F)cc3)CCCC2=O)CC1. The van der Waals surface area contributed by atoms with Crippen molar-refractivity contribution >= 4 is 5.91 Å². The van der Waals surface area contributed by atoms with E-state index in [1.54, 1.807) is 0 Å². The molecule has 2 fully saturated rings. The number of hydrogen-bond donors (Lipinski definition) is 0. The Hall–Kier alpha value is -1.30. The molecule has 4 nitrogen and oxygen atoms in total. The van der Waals surface area contributed by atoms with Crippen molar-refractivity contribution in [1.82, 2.24) is 9.80 Å². The molecule has 22 heavy (non-hydrogen) atoms. The maximum absolute atomic E-state index is 13.1. The Labute approximate surface area is 131 Å². The van der Waals surface area contributed by atoms with Gasteiger partial charge in [-0.1, -0.05) is 12.1 Å². The summed E-state index contributed by atoms with van der Waals surface area (Å²) >= 11 is 0. The molecule has 0 N–H and O–H groups in total. The van der Waals surface area contributed by atoms with Crippen molar-refractivity contribution in [2.45, 2.75) is 19.4 Å². The summed E-state index contributed by atoms with van der Waals surface area (Å²) in [6.07, 6.45) is 1.64. The Morgan fingerprint density at radius 1 is 1.14 bits per heavy atom. The monoisotopic (exact) mass is 306 g/mol. The second kappa shape index (κ2) is 6.44. The minimum atomic E-state index is -0.220. The van der Waals surface area contributed by atoms with E-state index in [-0.39, 0.29) is 5.82 Å². The van der Waals surface area contributed by atoms with Gasteiger partial charge in [-0.3, -0.25) is 4.90 Å². The van der Waals surface area contributed by atoms with Crippen LogP contribution in [0.4, 0.5) is 4.39 Å². The van der Waals surface area contributed by atoms with Gasteiger partial charge in [-0.2, -0.15) is 0 Å². The summed E-state index contributed by atoms with van der Waals surface area (Å²) in [6, 6.07) is 6.60. The summed E-state index contributed by atoms with van der Waals surface area (Å²) in [4.78, 5) is 17.3. The van der Waals surface area contributed by atoms with Gasteiger partial charge in [0.2, 0.25) is 0 Å². The van der Waals surface area contributed by atoms with Crippen LogP contribution in [0, 0.1) is 5.82 Å². The third-order valence-corrected chi connectivity index (χ3v) is 4.97. The molecule has 0 saturated carbocycles. The van der Waals surface area contributed by atoms with Gasteiger partial charge in [0.05, 0.1) is 13.0 Å². The lowest BCUT2D eigenvalue weighted by Gasteiger charge is -2.39. The molecule has 3 rings (SSSR count). The molecule has 1 aromatic carbocycles. The topological polar surface area (TPSA) is 23.6 Å². The van der Waals surface area contributed by atoms with Crippen LogP contribution in [0.5, 0.6) is 0 Å². The standard InChI is InChI=1S/C17H25FN3O/c1-19-8-10-20(11-9-19)14-21(12-2-3-17(21)22)13-15-4-6-16(18)7-5-15/h4-7H,2-3,8-14H2,1H3/q+1. The molecule has 2 saturated heterocycles. The first-order chi connectivity index (χ1) is 10.6. The maximum atomic E-state index is 13.1. The van der Waals surface area contributed by atoms with Gasteiger partial charge < -0.3 is 4.90 Å². The van der Waals surface area contributed by atoms with Crippen molar-refractivity contribution in [3.63, 3.8) is 0 Å². The molecule has 2 aliphatic heterocycles. The summed E-state index contributed by atoms with van der Waals surface area (Å²) in [5.41, 5.74) is 1.05. The number of hydrogen-bond acceptors (Lipinski definition) is 3. The molecule has 0 aromatic heterocycles. The number of piperazine rings is 1. The number of nitrogens with zero attached hydrogens (tertiary/aromatic N) is 3. The average Bonchev–Trinajstić information content (AvgIpc) is 2.85. The lowest BCUT2D eigenvalue weighted by atomic mass is 10.2. The van der Waals surface area contributed by atoms with Gasteiger partial charge in [-0.15, -0.1) is 0 Å². The average molecular weight is 306 g/mol. The molecule has 0 bridgehead atoms. The summed E-state index contributed by atoms with van der Waals surface area (Å²) in [5.74, 6) is 0.116. The van der Waals surface area contributed by atoms with Gasteiger partial charge in [-0.25, -0.2) is 13.7 Å². The van der Waals surface area contributed by atoms with Gasteiger partial charge in [0.1, 0.15) is 19.0 Å². The van der Waals surface area contributed by atoms with Crippen LogP contribution in [-0.2, 0) is 11.3 Å². The predicted molar refractivity (Wildman–Crippen MR) is 83.4 cm³/mol. The van der Waals surface area contributed by atoms with Crippen molar-refractivity contribution in [2.24, 2.45) is 0 Å². The zero-order chi connectivity index (χ0) is 15.6. The van der Waals surface area contributed by atoms with Gasteiger partial charge >= 0.3 is 5.91 Å². The van der Waals surface area contributed by atoms with Crippen LogP contribution in [0.3, 0.4) is 0 Å². The van der Waals surface area contributed by atoms with E-state index in [1.165, 1.54) is 12.1 Å². The highest BCUT2D eigenvalue weighted by atomic mass is 19.1. The van der Waals surface area contributed by atoms with Gasteiger partial charge in [0.25, 0.3) is 0 Å². The molecule has 5 heteroatoms. The quantitative estimate of drug-likeness (QED) is 0.791. The zero-order valence-corrected chi connectivity index (χ0v) is 13.3. The van der Waals surface area contributed by atoms with Crippen LogP contribution >= 0.6 is 0 Å². The van der Waals surface area contributed by atoms with E-state index < -0.39 is 0 Å². The largest absolute Gasteiger partial charge is 0.315 e. The zero-order valence-electron chi connectivity index (χ0n) is 13.3. The highest BCUT2D eigenvalue weighted by Crippen LogP contribution is 2.26. The van der Waals surface area contributed by atoms with Crippen LogP contribution in [0.1, 0.15) is 18.4 Å². The Bertz CT molecular complexity index is 525. The number of likely N-dealkylation sites (tertiary alicyclic amines) is 1. The number of benzene rings is 1. The highest BCUT2D eigenvalue weighted by molar-refractivity contribution is 5.70. The second-order valence-electron chi connectivity index (χ2n) is 6.71. The minimum Gasteiger partial charge on any atom is -0.304 e. The molecule has 1 atom stereocenters. The van der Waals surface area contributed by atoms with Gasteiger partial charge in [0, 0.05) is 38.2 Å². The Kier molecular flexibility index (Phi) is 4.57. The number of carbonyl (C=O) groups is 1. The van der Waals surface area contributed by atoms with E-state index in [9.17, 15) is 9.18 Å². The first-order valence-electron chi connectivity index (χ1n) is 8.12. The number of likely N-dealkylation sites (N-methyl/N-ethyl adjacent to an activating group) is 1. The van der Waals surface area contributed by atoms with Gasteiger partial charge in [-0.05, 0) is 19.2 Å². The second-order valence-corrected chi connectivity index (χ2v) is 6.71. The fraction of sp³-hybridized carbons (Fsp3) is 0.588. The van der Waals surface area contributed by atoms with E-state index in [1.807, 2.05) is 12.1 Å². The lowest BCUT2D eigenvalue weighted by Crippen LogP contribution is -2.57. The number of amides is 1. The molecule has 0 radical (unpaired) electrons. The summed E-state index contributed by atoms with van der Waals surface area (Å²) in [5, 5.41) is 0. The van der Waals surface area contributed by atoms with E-state index in [0.29, 0.717) is 23.4 Å². The first kappa shape index (κ1) is 15.6. The smallest absolute Gasteiger partial charge is 0.304 e. The van der Waals surface area contributed by atoms with E-state index in [2.05, 4.69) is 16.8 Å². The van der Waals surface area contributed by atoms with Crippen LogP contribution in [0.2, 0.25) is 0 Å². The number of halogens is 1. The van der Waals surface area contributed by atoms with Crippen molar-refractivity contribution in [2.75, 3.05) is 46.4 Å². The third-order valence-electron chi connectivity index (χ3n) is 4.97. The predicted octanol–water partition coefficient (Wildman–Crippen LogP) is 1.67. The first-order valence-corrected chi connectivity index (χ1v) is 8.12. The van der Waals surface area contributed by atoms with E-state index in [4.69, 9.17) is 0 Å². The van der Waals surface area contributed by atoms with Crippen LogP contribution in [0.15, 0.2) is 24.3 Å². The molecule has 0 aliphatic carbocycles. The molecule has 120 valence electrons.